The standard InChI is InChI=1S/C5H7N3S/c1-4(9)8-5-6-2-3-7-5/h2-3H,1H3,(H2,6,7,8,9). The van der Waals surface area contributed by atoms with Crippen molar-refractivity contribution in [2.24, 2.45) is 0 Å². The molecule has 0 atom stereocenters. The van der Waals surface area contributed by atoms with Crippen LogP contribution in [-0.2, 0) is 0 Å². The van der Waals surface area contributed by atoms with Crippen molar-refractivity contribution in [3.63, 3.8) is 0 Å². The third-order valence-corrected chi connectivity index (χ3v) is 0.895. The average molecular weight is 141 g/mol. The van der Waals surface area contributed by atoms with Gasteiger partial charge in [-0.25, -0.2) is 4.98 Å². The Balaban J connectivity index is 2.58. The van der Waals surface area contributed by atoms with Crippen molar-refractivity contribution in [3.05, 3.63) is 12.4 Å². The van der Waals surface area contributed by atoms with Crippen LogP contribution in [0.1, 0.15) is 6.92 Å². The second-order valence-electron chi connectivity index (χ2n) is 1.62. The van der Waals surface area contributed by atoms with Gasteiger partial charge in [0, 0.05) is 12.4 Å². The van der Waals surface area contributed by atoms with Gasteiger partial charge in [0.25, 0.3) is 0 Å². The fraction of sp³-hybridized carbons (Fsp3) is 0.200. The molecule has 0 unspecified atom stereocenters. The minimum atomic E-state index is 0.697. The second-order valence-corrected chi connectivity index (χ2v) is 2.23. The van der Waals surface area contributed by atoms with Crippen molar-refractivity contribution in [1.82, 2.24) is 9.97 Å². The van der Waals surface area contributed by atoms with Crippen LogP contribution in [0, 0.1) is 0 Å². The first-order chi connectivity index (χ1) is 4.29. The van der Waals surface area contributed by atoms with Crippen LogP contribution in [0.15, 0.2) is 12.4 Å². The highest BCUT2D eigenvalue weighted by molar-refractivity contribution is 7.80. The molecule has 48 valence electrons. The number of hydrogen-bond acceptors (Lipinski definition) is 2. The summed E-state index contributed by atoms with van der Waals surface area (Å²) in [6.07, 6.45) is 3.40. The van der Waals surface area contributed by atoms with Gasteiger partial charge in [0.15, 0.2) is 0 Å². The lowest BCUT2D eigenvalue weighted by atomic mass is 10.7. The summed E-state index contributed by atoms with van der Waals surface area (Å²) in [5.74, 6) is 0.697. The third-order valence-electron chi connectivity index (χ3n) is 0.793. The summed E-state index contributed by atoms with van der Waals surface area (Å²) >= 11 is 4.77. The summed E-state index contributed by atoms with van der Waals surface area (Å²) in [6.45, 7) is 1.80. The molecule has 1 rings (SSSR count). The first-order valence-corrected chi connectivity index (χ1v) is 2.97. The molecule has 1 heterocycles. The molecule has 1 aromatic heterocycles. The molecule has 0 radical (unpaired) electrons. The molecular formula is C5H7N3S. The Morgan fingerprint density at radius 1 is 1.89 bits per heavy atom. The lowest BCUT2D eigenvalue weighted by molar-refractivity contribution is 1.31. The predicted octanol–water partition coefficient (Wildman–Crippen LogP) is 1.17. The molecule has 1 aromatic rings. The molecule has 4 heteroatoms. The maximum absolute atomic E-state index is 4.77. The molecule has 0 aliphatic carbocycles. The molecule has 0 aliphatic rings. The molecule has 0 fully saturated rings. The molecule has 0 aromatic carbocycles. The lowest BCUT2D eigenvalue weighted by Crippen LogP contribution is -2.04. The maximum Gasteiger partial charge on any atom is 0.204 e. The highest BCUT2D eigenvalue weighted by atomic mass is 32.1. The summed E-state index contributed by atoms with van der Waals surface area (Å²) in [5, 5.41) is 2.85. The monoisotopic (exact) mass is 141 g/mol. The van der Waals surface area contributed by atoms with Crippen LogP contribution in [0.2, 0.25) is 0 Å². The summed E-state index contributed by atoms with van der Waals surface area (Å²) in [4.78, 5) is 7.47. The number of thiocarbonyl (C=S) groups is 1. The number of aromatic nitrogens is 2. The van der Waals surface area contributed by atoms with Gasteiger partial charge in [0.05, 0.1) is 4.99 Å². The van der Waals surface area contributed by atoms with Crippen molar-refractivity contribution >= 4 is 23.2 Å². The van der Waals surface area contributed by atoms with Crippen LogP contribution in [0.5, 0.6) is 0 Å². The van der Waals surface area contributed by atoms with Crippen molar-refractivity contribution in [2.45, 2.75) is 6.92 Å². The van der Waals surface area contributed by atoms with E-state index in [1.807, 2.05) is 0 Å². The first kappa shape index (κ1) is 6.22. The van der Waals surface area contributed by atoms with Gasteiger partial charge in [0.2, 0.25) is 5.95 Å². The van der Waals surface area contributed by atoms with Crippen LogP contribution in [0.3, 0.4) is 0 Å². The fourth-order valence-electron chi connectivity index (χ4n) is 0.500. The van der Waals surface area contributed by atoms with Gasteiger partial charge in [-0.2, -0.15) is 0 Å². The van der Waals surface area contributed by atoms with Gasteiger partial charge in [-0.05, 0) is 6.92 Å². The number of rotatable bonds is 1. The van der Waals surface area contributed by atoms with E-state index in [1.54, 1.807) is 19.3 Å². The summed E-state index contributed by atoms with van der Waals surface area (Å²) in [6, 6.07) is 0. The molecule has 0 spiro atoms. The van der Waals surface area contributed by atoms with Crippen LogP contribution in [0.4, 0.5) is 5.95 Å². The molecule has 0 aliphatic heterocycles. The molecular weight excluding hydrogens is 134 g/mol. The largest absolute Gasteiger partial charge is 0.331 e. The van der Waals surface area contributed by atoms with Gasteiger partial charge in [0.1, 0.15) is 0 Å². The number of aromatic amines is 1. The summed E-state index contributed by atoms with van der Waals surface area (Å²) in [7, 11) is 0. The molecule has 0 saturated heterocycles. The number of H-pyrrole nitrogens is 1. The topological polar surface area (TPSA) is 40.7 Å². The van der Waals surface area contributed by atoms with Crippen LogP contribution >= 0.6 is 12.2 Å². The number of nitrogens with one attached hydrogen (secondary N) is 2. The predicted molar refractivity (Wildman–Crippen MR) is 40.5 cm³/mol. The molecule has 0 saturated carbocycles. The Hall–Kier alpha value is -0.900. The second kappa shape index (κ2) is 2.59. The van der Waals surface area contributed by atoms with E-state index >= 15 is 0 Å². The van der Waals surface area contributed by atoms with Gasteiger partial charge in [-0.3, -0.25) is 0 Å². The van der Waals surface area contributed by atoms with E-state index in [1.165, 1.54) is 0 Å². The van der Waals surface area contributed by atoms with Crippen molar-refractivity contribution in [1.29, 1.82) is 0 Å². The molecule has 0 amide bonds. The quantitative estimate of drug-likeness (QED) is 0.577. The lowest BCUT2D eigenvalue weighted by Gasteiger charge is -1.95. The van der Waals surface area contributed by atoms with Crippen LogP contribution in [0.25, 0.3) is 0 Å². The normalized spacial score (nSPS) is 9.00. The van der Waals surface area contributed by atoms with Gasteiger partial charge in [-0.1, -0.05) is 12.2 Å². The Bertz CT molecular complexity index is 192. The Morgan fingerprint density at radius 3 is 3.11 bits per heavy atom. The Labute approximate surface area is 58.5 Å². The van der Waals surface area contributed by atoms with E-state index < -0.39 is 0 Å². The van der Waals surface area contributed by atoms with E-state index in [0.29, 0.717) is 10.9 Å². The maximum atomic E-state index is 4.77. The van der Waals surface area contributed by atoms with E-state index in [0.717, 1.165) is 0 Å². The average Bonchev–Trinajstić information content (AvgIpc) is 2.15. The SMILES string of the molecule is CC(=S)Nc1ncc[nH]1. The van der Waals surface area contributed by atoms with Crippen molar-refractivity contribution < 1.29 is 0 Å². The number of nitrogens with zero attached hydrogens (tertiary/aromatic N) is 1. The van der Waals surface area contributed by atoms with Crippen molar-refractivity contribution in [2.75, 3.05) is 5.32 Å². The molecule has 2 N–H and O–H groups in total. The van der Waals surface area contributed by atoms with E-state index in [4.69, 9.17) is 12.2 Å². The first-order valence-electron chi connectivity index (χ1n) is 2.56. The zero-order valence-corrected chi connectivity index (χ0v) is 5.83. The fourth-order valence-corrected chi connectivity index (χ4v) is 0.597. The third kappa shape index (κ3) is 1.81. The van der Waals surface area contributed by atoms with Gasteiger partial charge < -0.3 is 10.3 Å². The zero-order chi connectivity index (χ0) is 6.69. The highest BCUT2D eigenvalue weighted by Crippen LogP contribution is 1.93. The van der Waals surface area contributed by atoms with Gasteiger partial charge in [-0.15, -0.1) is 0 Å². The minimum Gasteiger partial charge on any atom is -0.331 e. The number of imidazole rings is 1. The minimum absolute atomic E-state index is 0.697. The van der Waals surface area contributed by atoms with Crippen LogP contribution < -0.4 is 5.32 Å². The Morgan fingerprint density at radius 2 is 2.67 bits per heavy atom. The summed E-state index contributed by atoms with van der Waals surface area (Å²) < 4.78 is 0. The van der Waals surface area contributed by atoms with Crippen LogP contribution in [-0.4, -0.2) is 15.0 Å². The zero-order valence-electron chi connectivity index (χ0n) is 5.01. The number of anilines is 1. The Kier molecular flexibility index (Phi) is 1.79. The molecule has 9 heavy (non-hydrogen) atoms. The molecule has 3 nitrogen and oxygen atoms in total. The number of hydrogen-bond donors (Lipinski definition) is 2. The van der Waals surface area contributed by atoms with E-state index in [9.17, 15) is 0 Å². The van der Waals surface area contributed by atoms with E-state index in [2.05, 4.69) is 15.3 Å². The van der Waals surface area contributed by atoms with E-state index in [-0.39, 0.29) is 0 Å². The summed E-state index contributed by atoms with van der Waals surface area (Å²) in [5.41, 5.74) is 0. The highest BCUT2D eigenvalue weighted by Gasteiger charge is 1.89. The smallest absolute Gasteiger partial charge is 0.204 e. The van der Waals surface area contributed by atoms with Crippen molar-refractivity contribution in [3.8, 4) is 0 Å². The molecule has 0 bridgehead atoms. The van der Waals surface area contributed by atoms with Gasteiger partial charge >= 0.3 is 0 Å².